The van der Waals surface area contributed by atoms with Crippen LogP contribution in [0.5, 0.6) is 0 Å². The van der Waals surface area contributed by atoms with Crippen molar-refractivity contribution in [3.8, 4) is 11.8 Å². The van der Waals surface area contributed by atoms with Gasteiger partial charge in [0.25, 0.3) is 0 Å². The van der Waals surface area contributed by atoms with Crippen molar-refractivity contribution in [3.63, 3.8) is 0 Å². The number of rotatable bonds is 2. The van der Waals surface area contributed by atoms with Crippen LogP contribution in [-0.4, -0.2) is 16.1 Å². The number of halogens is 1. The Hall–Kier alpha value is -3.72. The molecule has 1 fully saturated rings. The van der Waals surface area contributed by atoms with Gasteiger partial charge in [0.1, 0.15) is 11.2 Å². The molecule has 1 N–H and O–H groups in total. The molecule has 3 aromatic rings. The molecule has 138 valence electrons. The van der Waals surface area contributed by atoms with Crippen molar-refractivity contribution in [2.24, 2.45) is 0 Å². The summed E-state index contributed by atoms with van der Waals surface area (Å²) < 4.78 is 19.2. The summed E-state index contributed by atoms with van der Waals surface area (Å²) in [6.07, 6.45) is 3.72. The number of amides is 1. The fraction of sp³-hybridized carbons (Fsp3) is 0.136. The van der Waals surface area contributed by atoms with Gasteiger partial charge < -0.3 is 10.1 Å². The lowest BCUT2D eigenvalue weighted by Crippen LogP contribution is -2.39. The summed E-state index contributed by atoms with van der Waals surface area (Å²) in [7, 11) is 0. The molecule has 1 aromatic carbocycles. The zero-order chi connectivity index (χ0) is 19.6. The predicted molar refractivity (Wildman–Crippen MR) is 101 cm³/mol. The minimum Gasteiger partial charge on any atom is -0.438 e. The van der Waals surface area contributed by atoms with Gasteiger partial charge >= 0.3 is 6.09 Å². The van der Waals surface area contributed by atoms with E-state index < -0.39 is 23.6 Å². The molecule has 1 aliphatic heterocycles. The molecule has 4 rings (SSSR count). The van der Waals surface area contributed by atoms with Crippen LogP contribution in [0, 0.1) is 17.7 Å². The predicted octanol–water partition coefficient (Wildman–Crippen LogP) is 3.71. The molecule has 1 amide bonds. The summed E-state index contributed by atoms with van der Waals surface area (Å²) in [5.74, 6) is 5.12. The minimum absolute atomic E-state index is 0.0683. The maximum Gasteiger partial charge on any atom is 0.408 e. The van der Waals surface area contributed by atoms with Gasteiger partial charge in [0, 0.05) is 29.7 Å². The van der Waals surface area contributed by atoms with E-state index in [1.165, 1.54) is 18.3 Å². The first-order valence-corrected chi connectivity index (χ1v) is 8.68. The Balaban J connectivity index is 1.70. The van der Waals surface area contributed by atoms with Crippen molar-refractivity contribution in [1.29, 1.82) is 0 Å². The molecule has 1 saturated heterocycles. The van der Waals surface area contributed by atoms with Crippen LogP contribution < -0.4 is 5.32 Å². The Kier molecular flexibility index (Phi) is 4.50. The summed E-state index contributed by atoms with van der Waals surface area (Å²) in [5, 5.41) is 2.88. The van der Waals surface area contributed by atoms with Crippen LogP contribution in [0.3, 0.4) is 0 Å². The van der Waals surface area contributed by atoms with Crippen molar-refractivity contribution in [3.05, 3.63) is 95.3 Å². The first kappa shape index (κ1) is 17.7. The largest absolute Gasteiger partial charge is 0.438 e. The van der Waals surface area contributed by atoms with Crippen LogP contribution >= 0.6 is 0 Å². The number of nitrogens with zero attached hydrogens (tertiary/aromatic N) is 2. The standard InChI is InChI=1S/C22H16FN3O2/c1-22(20(28-21(27)26-22)16-6-3-2-4-7-16)17-12-15(13-24-14-17)9-10-19-18(23)8-5-11-25-19/h2-8,11-14,20H,1H3,(H,26,27)/t20-,22-/m1/s1. The van der Waals surface area contributed by atoms with Gasteiger partial charge in [0.05, 0.1) is 0 Å². The van der Waals surface area contributed by atoms with Gasteiger partial charge in [0.2, 0.25) is 0 Å². The highest BCUT2D eigenvalue weighted by Gasteiger charge is 2.47. The van der Waals surface area contributed by atoms with Gasteiger partial charge in [-0.3, -0.25) is 4.98 Å². The Morgan fingerprint density at radius 1 is 1.14 bits per heavy atom. The molecule has 2 atom stereocenters. The monoisotopic (exact) mass is 373 g/mol. The number of carbonyl (C=O) groups is 1. The number of pyridine rings is 2. The molecule has 28 heavy (non-hydrogen) atoms. The Bertz CT molecular complexity index is 1090. The van der Waals surface area contributed by atoms with E-state index in [1.54, 1.807) is 12.4 Å². The third-order valence-electron chi connectivity index (χ3n) is 4.63. The van der Waals surface area contributed by atoms with Gasteiger partial charge in [-0.05, 0) is 36.6 Å². The lowest BCUT2D eigenvalue weighted by atomic mass is 9.84. The van der Waals surface area contributed by atoms with Crippen molar-refractivity contribution in [2.75, 3.05) is 0 Å². The second-order valence-corrected chi connectivity index (χ2v) is 6.57. The second-order valence-electron chi connectivity index (χ2n) is 6.57. The molecule has 0 saturated carbocycles. The number of hydrogen-bond acceptors (Lipinski definition) is 4. The SMILES string of the molecule is C[C@]1(c2cncc(C#Cc3ncccc3F)c2)NC(=O)O[C@@H]1c1ccccc1. The molecule has 0 unspecified atom stereocenters. The van der Waals surface area contributed by atoms with Gasteiger partial charge in [0.15, 0.2) is 11.9 Å². The lowest BCUT2D eigenvalue weighted by molar-refractivity contribution is 0.112. The molecule has 0 bridgehead atoms. The van der Waals surface area contributed by atoms with E-state index in [-0.39, 0.29) is 5.69 Å². The van der Waals surface area contributed by atoms with Crippen molar-refractivity contribution >= 4 is 6.09 Å². The molecular weight excluding hydrogens is 357 g/mol. The summed E-state index contributed by atoms with van der Waals surface area (Å²) in [5.41, 5.74) is 1.44. The molecule has 1 aliphatic rings. The highest BCUT2D eigenvalue weighted by Crippen LogP contribution is 2.41. The van der Waals surface area contributed by atoms with E-state index in [4.69, 9.17) is 4.74 Å². The number of nitrogens with one attached hydrogen (secondary N) is 1. The summed E-state index contributed by atoms with van der Waals surface area (Å²) in [4.78, 5) is 20.2. The van der Waals surface area contributed by atoms with Crippen molar-refractivity contribution in [1.82, 2.24) is 15.3 Å². The molecule has 0 radical (unpaired) electrons. The second kappa shape index (κ2) is 7.12. The van der Waals surface area contributed by atoms with Crippen LogP contribution in [0.25, 0.3) is 0 Å². The molecule has 6 heteroatoms. The van der Waals surface area contributed by atoms with Crippen molar-refractivity contribution < 1.29 is 13.9 Å². The zero-order valence-corrected chi connectivity index (χ0v) is 15.0. The van der Waals surface area contributed by atoms with Crippen LogP contribution in [-0.2, 0) is 10.3 Å². The number of ether oxygens (including phenoxy) is 1. The van der Waals surface area contributed by atoms with E-state index in [0.29, 0.717) is 5.56 Å². The number of carbonyl (C=O) groups excluding carboxylic acids is 1. The first-order valence-electron chi connectivity index (χ1n) is 8.68. The number of benzene rings is 1. The van der Waals surface area contributed by atoms with Gasteiger partial charge in [-0.1, -0.05) is 36.3 Å². The normalized spacial score (nSPS) is 20.6. The van der Waals surface area contributed by atoms with E-state index >= 15 is 0 Å². The third-order valence-corrected chi connectivity index (χ3v) is 4.63. The van der Waals surface area contributed by atoms with Crippen LogP contribution in [0.4, 0.5) is 9.18 Å². The van der Waals surface area contributed by atoms with Gasteiger partial charge in [-0.15, -0.1) is 0 Å². The van der Waals surface area contributed by atoms with Crippen LogP contribution in [0.15, 0.2) is 67.1 Å². The van der Waals surface area contributed by atoms with Gasteiger partial charge in [-0.25, -0.2) is 14.2 Å². The smallest absolute Gasteiger partial charge is 0.408 e. The zero-order valence-electron chi connectivity index (χ0n) is 15.0. The number of cyclic esters (lactones) is 1. The minimum atomic E-state index is -0.820. The topological polar surface area (TPSA) is 64.1 Å². The Morgan fingerprint density at radius 2 is 1.96 bits per heavy atom. The average molecular weight is 373 g/mol. The van der Waals surface area contributed by atoms with Crippen molar-refractivity contribution in [2.45, 2.75) is 18.6 Å². The van der Waals surface area contributed by atoms with E-state index in [9.17, 15) is 9.18 Å². The van der Waals surface area contributed by atoms with E-state index in [1.807, 2.05) is 43.3 Å². The number of hydrogen-bond donors (Lipinski definition) is 1. The maximum absolute atomic E-state index is 13.7. The Morgan fingerprint density at radius 3 is 2.75 bits per heavy atom. The molecule has 2 aromatic heterocycles. The lowest BCUT2D eigenvalue weighted by Gasteiger charge is -2.29. The molecule has 5 nitrogen and oxygen atoms in total. The average Bonchev–Trinajstić information content (AvgIpc) is 3.04. The first-order chi connectivity index (χ1) is 13.6. The molecular formula is C22H16FN3O2. The highest BCUT2D eigenvalue weighted by molar-refractivity contribution is 5.72. The number of aromatic nitrogens is 2. The quantitative estimate of drug-likeness (QED) is 0.696. The van der Waals surface area contributed by atoms with E-state index in [0.717, 1.165) is 11.1 Å². The fourth-order valence-electron chi connectivity index (χ4n) is 3.19. The summed E-state index contributed by atoms with van der Waals surface area (Å²) in [6.45, 7) is 1.88. The van der Waals surface area contributed by atoms with Gasteiger partial charge in [-0.2, -0.15) is 0 Å². The molecule has 0 spiro atoms. The Labute approximate surface area is 161 Å². The fourth-order valence-corrected chi connectivity index (χ4v) is 3.19. The number of alkyl carbamates (subject to hydrolysis) is 1. The summed E-state index contributed by atoms with van der Waals surface area (Å²) in [6, 6.07) is 14.1. The summed E-state index contributed by atoms with van der Waals surface area (Å²) >= 11 is 0. The van der Waals surface area contributed by atoms with Crippen LogP contribution in [0.2, 0.25) is 0 Å². The highest BCUT2D eigenvalue weighted by atomic mass is 19.1. The maximum atomic E-state index is 13.7. The molecule has 3 heterocycles. The van der Waals surface area contributed by atoms with Crippen LogP contribution in [0.1, 0.15) is 35.4 Å². The van der Waals surface area contributed by atoms with E-state index in [2.05, 4.69) is 27.1 Å². The third kappa shape index (κ3) is 3.30. The molecule has 0 aliphatic carbocycles.